The maximum atomic E-state index is 5.47. The number of nitrogens with zero attached hydrogens (tertiary/aromatic N) is 3. The second kappa shape index (κ2) is 3.23. The molecule has 0 spiro atoms. The molecule has 1 aliphatic rings. The minimum Gasteiger partial charge on any atom is -0.329 e. The molecule has 12 heavy (non-hydrogen) atoms. The van der Waals surface area contributed by atoms with Crippen LogP contribution in [0.3, 0.4) is 0 Å². The highest BCUT2D eigenvalue weighted by molar-refractivity contribution is 5.00. The average Bonchev–Trinajstić information content (AvgIpc) is 2.35. The van der Waals surface area contributed by atoms with E-state index in [9.17, 15) is 0 Å². The van der Waals surface area contributed by atoms with Crippen molar-refractivity contribution in [1.82, 2.24) is 14.8 Å². The molecule has 4 nitrogen and oxygen atoms in total. The normalized spacial score (nSPS) is 17.8. The van der Waals surface area contributed by atoms with Gasteiger partial charge in [0.25, 0.3) is 0 Å². The van der Waals surface area contributed by atoms with Gasteiger partial charge in [0, 0.05) is 19.0 Å². The molecule has 0 saturated heterocycles. The Bertz CT molecular complexity index is 251. The fourth-order valence-corrected chi connectivity index (χ4v) is 1.56. The van der Waals surface area contributed by atoms with Crippen molar-refractivity contribution in [2.45, 2.75) is 31.7 Å². The first kappa shape index (κ1) is 7.73. The smallest absolute Gasteiger partial charge is 0.135 e. The first-order valence-electron chi connectivity index (χ1n) is 4.49. The van der Waals surface area contributed by atoms with Crippen molar-refractivity contribution in [2.24, 2.45) is 5.73 Å². The maximum absolute atomic E-state index is 5.47. The van der Waals surface area contributed by atoms with Gasteiger partial charge in [-0.1, -0.05) is 6.42 Å². The number of rotatable bonds is 3. The third-order valence-electron chi connectivity index (χ3n) is 2.49. The fourth-order valence-electron chi connectivity index (χ4n) is 1.56. The molecule has 0 aliphatic heterocycles. The zero-order valence-corrected chi connectivity index (χ0v) is 7.11. The first-order valence-corrected chi connectivity index (χ1v) is 4.49. The second-order valence-electron chi connectivity index (χ2n) is 3.30. The molecule has 1 aromatic heterocycles. The van der Waals surface area contributed by atoms with Crippen LogP contribution >= 0.6 is 0 Å². The van der Waals surface area contributed by atoms with E-state index in [0.29, 0.717) is 12.5 Å². The van der Waals surface area contributed by atoms with Gasteiger partial charge in [-0.3, -0.25) is 0 Å². The molecule has 1 heterocycles. The third kappa shape index (κ3) is 1.22. The Balaban J connectivity index is 2.12. The monoisotopic (exact) mass is 166 g/mol. The second-order valence-corrected chi connectivity index (χ2v) is 3.30. The van der Waals surface area contributed by atoms with Crippen molar-refractivity contribution >= 4 is 0 Å². The van der Waals surface area contributed by atoms with E-state index in [1.165, 1.54) is 19.3 Å². The van der Waals surface area contributed by atoms with Gasteiger partial charge in [-0.15, -0.1) is 10.2 Å². The zero-order valence-electron chi connectivity index (χ0n) is 7.11. The van der Waals surface area contributed by atoms with Crippen LogP contribution in [0.4, 0.5) is 0 Å². The molecule has 1 aromatic rings. The van der Waals surface area contributed by atoms with Crippen molar-refractivity contribution in [3.63, 3.8) is 0 Å². The lowest BCUT2D eigenvalue weighted by atomic mass is 9.85. The molecule has 2 N–H and O–H groups in total. The summed E-state index contributed by atoms with van der Waals surface area (Å²) in [6.45, 7) is 1.51. The maximum Gasteiger partial charge on any atom is 0.135 e. The van der Waals surface area contributed by atoms with Gasteiger partial charge in [-0.25, -0.2) is 0 Å². The molecule has 0 amide bonds. The molecule has 1 fully saturated rings. The summed E-state index contributed by atoms with van der Waals surface area (Å²) in [5.41, 5.74) is 5.47. The fraction of sp³-hybridized carbons (Fsp3) is 0.750. The third-order valence-corrected chi connectivity index (χ3v) is 2.49. The van der Waals surface area contributed by atoms with Gasteiger partial charge in [0.15, 0.2) is 0 Å². The minimum atomic E-state index is 0.652. The molecule has 2 rings (SSSR count). The molecule has 0 radical (unpaired) electrons. The Morgan fingerprint density at radius 2 is 2.42 bits per heavy atom. The molecule has 0 bridgehead atoms. The van der Waals surface area contributed by atoms with E-state index >= 15 is 0 Å². The standard InChI is InChI=1S/C8H14N4/c9-4-5-12-6-10-11-8(12)7-2-1-3-7/h6-7H,1-5,9H2. The topological polar surface area (TPSA) is 56.7 Å². The van der Waals surface area contributed by atoms with Crippen LogP contribution < -0.4 is 5.73 Å². The quantitative estimate of drug-likeness (QED) is 0.711. The summed E-state index contributed by atoms with van der Waals surface area (Å²) < 4.78 is 2.07. The van der Waals surface area contributed by atoms with Crippen LogP contribution in [0.2, 0.25) is 0 Å². The zero-order chi connectivity index (χ0) is 8.39. The summed E-state index contributed by atoms with van der Waals surface area (Å²) in [5, 5.41) is 8.02. The van der Waals surface area contributed by atoms with Crippen molar-refractivity contribution < 1.29 is 0 Å². The van der Waals surface area contributed by atoms with Crippen LogP contribution in [0.5, 0.6) is 0 Å². The molecular weight excluding hydrogens is 152 g/mol. The van der Waals surface area contributed by atoms with E-state index in [1.54, 1.807) is 6.33 Å². The lowest BCUT2D eigenvalue weighted by molar-refractivity contribution is 0.386. The molecule has 66 valence electrons. The number of nitrogens with two attached hydrogens (primary N) is 1. The van der Waals surface area contributed by atoms with Crippen LogP contribution in [0.15, 0.2) is 6.33 Å². The van der Waals surface area contributed by atoms with Gasteiger partial charge < -0.3 is 10.3 Å². The molecule has 0 unspecified atom stereocenters. The van der Waals surface area contributed by atoms with E-state index in [-0.39, 0.29) is 0 Å². The largest absolute Gasteiger partial charge is 0.329 e. The highest BCUT2D eigenvalue weighted by Crippen LogP contribution is 2.34. The molecule has 0 aromatic carbocycles. The van der Waals surface area contributed by atoms with Crippen molar-refractivity contribution in [2.75, 3.05) is 6.54 Å². The molecule has 0 atom stereocenters. The van der Waals surface area contributed by atoms with Crippen LogP contribution in [0.1, 0.15) is 31.0 Å². The van der Waals surface area contributed by atoms with Crippen molar-refractivity contribution in [1.29, 1.82) is 0 Å². The van der Waals surface area contributed by atoms with Gasteiger partial charge in [0.2, 0.25) is 0 Å². The lowest BCUT2D eigenvalue weighted by Crippen LogP contribution is -2.18. The first-order chi connectivity index (χ1) is 5.92. The van der Waals surface area contributed by atoms with Gasteiger partial charge in [0.05, 0.1) is 0 Å². The minimum absolute atomic E-state index is 0.652. The van der Waals surface area contributed by atoms with Crippen LogP contribution in [0, 0.1) is 0 Å². The van der Waals surface area contributed by atoms with E-state index in [1.807, 2.05) is 0 Å². The Hall–Kier alpha value is -0.900. The molecular formula is C8H14N4. The van der Waals surface area contributed by atoms with Gasteiger partial charge in [0.1, 0.15) is 12.2 Å². The highest BCUT2D eigenvalue weighted by atomic mass is 15.3. The summed E-state index contributed by atoms with van der Waals surface area (Å²) in [5.74, 6) is 1.78. The summed E-state index contributed by atoms with van der Waals surface area (Å²) in [7, 11) is 0. The molecule has 4 heteroatoms. The predicted molar refractivity (Wildman–Crippen MR) is 45.7 cm³/mol. The Morgan fingerprint density at radius 3 is 3.00 bits per heavy atom. The SMILES string of the molecule is NCCn1cnnc1C1CCC1. The summed E-state index contributed by atoms with van der Waals surface area (Å²) in [6, 6.07) is 0. The highest BCUT2D eigenvalue weighted by Gasteiger charge is 2.23. The van der Waals surface area contributed by atoms with Gasteiger partial charge >= 0.3 is 0 Å². The van der Waals surface area contributed by atoms with Crippen LogP contribution in [-0.2, 0) is 6.54 Å². The van der Waals surface area contributed by atoms with Crippen LogP contribution in [0.25, 0.3) is 0 Å². The van der Waals surface area contributed by atoms with Crippen LogP contribution in [-0.4, -0.2) is 21.3 Å². The van der Waals surface area contributed by atoms with E-state index in [2.05, 4.69) is 14.8 Å². The number of hydrogen-bond donors (Lipinski definition) is 1. The molecule has 1 aliphatic carbocycles. The molecule has 1 saturated carbocycles. The Morgan fingerprint density at radius 1 is 1.58 bits per heavy atom. The van der Waals surface area contributed by atoms with E-state index in [0.717, 1.165) is 12.4 Å². The van der Waals surface area contributed by atoms with E-state index in [4.69, 9.17) is 5.73 Å². The lowest BCUT2D eigenvalue weighted by Gasteiger charge is -2.24. The van der Waals surface area contributed by atoms with Crippen molar-refractivity contribution in [3.05, 3.63) is 12.2 Å². The predicted octanol–water partition coefficient (Wildman–Crippen LogP) is 0.504. The van der Waals surface area contributed by atoms with E-state index < -0.39 is 0 Å². The average molecular weight is 166 g/mol. The summed E-state index contributed by atoms with van der Waals surface area (Å²) in [6.07, 6.45) is 5.65. The number of hydrogen-bond acceptors (Lipinski definition) is 3. The van der Waals surface area contributed by atoms with Gasteiger partial charge in [-0.2, -0.15) is 0 Å². The van der Waals surface area contributed by atoms with Crippen molar-refractivity contribution in [3.8, 4) is 0 Å². The Kier molecular flexibility index (Phi) is 2.08. The summed E-state index contributed by atoms with van der Waals surface area (Å²) in [4.78, 5) is 0. The number of aromatic nitrogens is 3. The Labute approximate surface area is 71.8 Å². The summed E-state index contributed by atoms with van der Waals surface area (Å²) >= 11 is 0. The van der Waals surface area contributed by atoms with Gasteiger partial charge in [-0.05, 0) is 12.8 Å².